The molecule has 3 rings (SSSR count). The lowest BCUT2D eigenvalue weighted by molar-refractivity contribution is -0.122. The first-order chi connectivity index (χ1) is 8.33. The van der Waals surface area contributed by atoms with E-state index in [1.54, 1.807) is 0 Å². The normalized spacial score (nSPS) is 29.1. The Bertz CT molecular complexity index is 446. The fourth-order valence-corrected chi connectivity index (χ4v) is 3.31. The van der Waals surface area contributed by atoms with Gasteiger partial charge < -0.3 is 5.32 Å². The molecule has 0 heterocycles. The Labute approximate surface area is 106 Å². The zero-order chi connectivity index (χ0) is 11.8. The molecular weight excluding hydrogens is 234 g/mol. The van der Waals surface area contributed by atoms with Crippen LogP contribution in [0.4, 0.5) is 0 Å². The molecule has 17 heavy (non-hydrogen) atoms. The number of halogens is 1. The molecule has 3 unspecified atom stereocenters. The Balaban J connectivity index is 1.76. The smallest absolute Gasteiger partial charge is 0.224 e. The number of carbonyl (C=O) groups excluding carboxylic acids is 1. The average Bonchev–Trinajstić information content (AvgIpc) is 3.11. The summed E-state index contributed by atoms with van der Waals surface area (Å²) in [6.45, 7) is 0.581. The predicted octanol–water partition coefficient (Wildman–Crippen LogP) is 2.32. The van der Waals surface area contributed by atoms with Gasteiger partial charge in [0.05, 0.1) is 0 Å². The Hall–Kier alpha value is -1.02. The summed E-state index contributed by atoms with van der Waals surface area (Å²) in [4.78, 5) is 12.0. The van der Waals surface area contributed by atoms with E-state index in [1.165, 1.54) is 11.1 Å². The molecule has 0 aromatic heterocycles. The molecule has 2 nitrogen and oxygen atoms in total. The van der Waals surface area contributed by atoms with Crippen molar-refractivity contribution in [1.82, 2.24) is 5.32 Å². The van der Waals surface area contributed by atoms with Crippen LogP contribution in [-0.4, -0.2) is 18.3 Å². The highest BCUT2D eigenvalue weighted by atomic mass is 35.5. The van der Waals surface area contributed by atoms with Crippen molar-refractivity contribution >= 4 is 17.5 Å². The first kappa shape index (κ1) is 11.1. The third-order valence-corrected chi connectivity index (χ3v) is 4.22. The molecule has 1 amide bonds. The molecule has 2 aliphatic carbocycles. The van der Waals surface area contributed by atoms with E-state index >= 15 is 0 Å². The third kappa shape index (κ3) is 1.85. The van der Waals surface area contributed by atoms with E-state index in [4.69, 9.17) is 11.6 Å². The van der Waals surface area contributed by atoms with E-state index in [2.05, 4.69) is 29.6 Å². The third-order valence-electron chi connectivity index (χ3n) is 4.03. The van der Waals surface area contributed by atoms with Crippen LogP contribution in [0, 0.1) is 11.8 Å². The molecule has 1 aromatic rings. The second-order valence-electron chi connectivity index (χ2n) is 4.93. The van der Waals surface area contributed by atoms with Crippen molar-refractivity contribution in [2.24, 2.45) is 11.8 Å². The Morgan fingerprint density at radius 3 is 3.06 bits per heavy atom. The SMILES string of the molecule is O=C(NCCCl)C1C2CCc3ccccc3C21. The zero-order valence-corrected chi connectivity index (χ0v) is 10.4. The summed E-state index contributed by atoms with van der Waals surface area (Å²) >= 11 is 5.59. The minimum atomic E-state index is 0.192. The Morgan fingerprint density at radius 1 is 1.41 bits per heavy atom. The van der Waals surface area contributed by atoms with E-state index in [0.29, 0.717) is 24.3 Å². The predicted molar refractivity (Wildman–Crippen MR) is 68.2 cm³/mol. The molecule has 1 N–H and O–H groups in total. The number of amides is 1. The first-order valence-corrected chi connectivity index (χ1v) is 6.78. The van der Waals surface area contributed by atoms with Crippen LogP contribution in [0.3, 0.4) is 0 Å². The van der Waals surface area contributed by atoms with Crippen LogP contribution >= 0.6 is 11.6 Å². The maximum absolute atomic E-state index is 12.0. The number of hydrogen-bond acceptors (Lipinski definition) is 1. The number of hydrogen-bond donors (Lipinski definition) is 1. The number of fused-ring (bicyclic) bond motifs is 3. The second-order valence-corrected chi connectivity index (χ2v) is 5.31. The van der Waals surface area contributed by atoms with Crippen LogP contribution in [0.5, 0.6) is 0 Å². The Kier molecular flexibility index (Phi) is 2.83. The van der Waals surface area contributed by atoms with Gasteiger partial charge in [0.15, 0.2) is 0 Å². The molecule has 0 aliphatic heterocycles. The summed E-state index contributed by atoms with van der Waals surface area (Å²) < 4.78 is 0. The number of carbonyl (C=O) groups is 1. The minimum Gasteiger partial charge on any atom is -0.355 e. The van der Waals surface area contributed by atoms with Gasteiger partial charge in [0.25, 0.3) is 0 Å². The van der Waals surface area contributed by atoms with Gasteiger partial charge in [-0.25, -0.2) is 0 Å². The molecular formula is C14H16ClNO. The van der Waals surface area contributed by atoms with Crippen molar-refractivity contribution in [2.45, 2.75) is 18.8 Å². The topological polar surface area (TPSA) is 29.1 Å². The van der Waals surface area contributed by atoms with Crippen molar-refractivity contribution in [3.8, 4) is 0 Å². The molecule has 0 spiro atoms. The molecule has 3 atom stereocenters. The summed E-state index contributed by atoms with van der Waals surface area (Å²) in [7, 11) is 0. The molecule has 3 heteroatoms. The standard InChI is InChI=1S/C14H16ClNO/c15-7-8-16-14(17)13-11-6-5-9-3-1-2-4-10(9)12(11)13/h1-4,11-13H,5-8H2,(H,16,17). The minimum absolute atomic E-state index is 0.192. The summed E-state index contributed by atoms with van der Waals surface area (Å²) in [5.41, 5.74) is 2.83. The monoisotopic (exact) mass is 249 g/mol. The molecule has 90 valence electrons. The van der Waals surface area contributed by atoms with Crippen molar-refractivity contribution in [2.75, 3.05) is 12.4 Å². The lowest BCUT2D eigenvalue weighted by Gasteiger charge is -2.13. The number of aryl methyl sites for hydroxylation is 1. The summed E-state index contributed by atoms with van der Waals surface area (Å²) in [6.07, 6.45) is 2.28. The zero-order valence-electron chi connectivity index (χ0n) is 9.66. The maximum Gasteiger partial charge on any atom is 0.224 e. The molecule has 0 saturated heterocycles. The largest absolute Gasteiger partial charge is 0.355 e. The van der Waals surface area contributed by atoms with Crippen LogP contribution in [0.2, 0.25) is 0 Å². The highest BCUT2D eigenvalue weighted by molar-refractivity contribution is 6.18. The first-order valence-electron chi connectivity index (χ1n) is 6.24. The van der Waals surface area contributed by atoms with Gasteiger partial charge in [-0.3, -0.25) is 4.79 Å². The van der Waals surface area contributed by atoms with Gasteiger partial charge in [-0.1, -0.05) is 24.3 Å². The number of alkyl halides is 1. The number of rotatable bonds is 3. The maximum atomic E-state index is 12.0. The number of nitrogens with one attached hydrogen (secondary N) is 1. The quantitative estimate of drug-likeness (QED) is 0.819. The van der Waals surface area contributed by atoms with E-state index in [9.17, 15) is 4.79 Å². The lowest BCUT2D eigenvalue weighted by Crippen LogP contribution is -2.27. The lowest BCUT2D eigenvalue weighted by atomic mass is 9.92. The van der Waals surface area contributed by atoms with Crippen LogP contribution in [-0.2, 0) is 11.2 Å². The summed E-state index contributed by atoms with van der Waals surface area (Å²) in [6, 6.07) is 8.54. The number of benzene rings is 1. The van der Waals surface area contributed by atoms with Crippen molar-refractivity contribution in [3.63, 3.8) is 0 Å². The summed E-state index contributed by atoms with van der Waals surface area (Å²) in [5, 5.41) is 2.91. The van der Waals surface area contributed by atoms with Gasteiger partial charge in [0.1, 0.15) is 0 Å². The molecule has 1 saturated carbocycles. The highest BCUT2D eigenvalue weighted by Gasteiger charge is 2.56. The van der Waals surface area contributed by atoms with Gasteiger partial charge in [0.2, 0.25) is 5.91 Å². The van der Waals surface area contributed by atoms with Crippen molar-refractivity contribution in [1.29, 1.82) is 0 Å². The Morgan fingerprint density at radius 2 is 2.24 bits per heavy atom. The highest BCUT2D eigenvalue weighted by Crippen LogP contribution is 2.59. The molecule has 0 bridgehead atoms. The van der Waals surface area contributed by atoms with Gasteiger partial charge in [-0.2, -0.15) is 0 Å². The van der Waals surface area contributed by atoms with Gasteiger partial charge in [-0.15, -0.1) is 11.6 Å². The van der Waals surface area contributed by atoms with Crippen LogP contribution in [0.1, 0.15) is 23.5 Å². The van der Waals surface area contributed by atoms with Crippen LogP contribution in [0.15, 0.2) is 24.3 Å². The molecule has 0 radical (unpaired) electrons. The second kappa shape index (κ2) is 4.34. The van der Waals surface area contributed by atoms with E-state index in [0.717, 1.165) is 12.8 Å². The molecule has 2 aliphatic rings. The van der Waals surface area contributed by atoms with Crippen molar-refractivity contribution < 1.29 is 4.79 Å². The van der Waals surface area contributed by atoms with Crippen LogP contribution in [0.25, 0.3) is 0 Å². The fourth-order valence-electron chi connectivity index (χ4n) is 3.21. The van der Waals surface area contributed by atoms with Gasteiger partial charge >= 0.3 is 0 Å². The van der Waals surface area contributed by atoms with Gasteiger partial charge in [-0.05, 0) is 35.8 Å². The molecule has 1 aromatic carbocycles. The van der Waals surface area contributed by atoms with Gasteiger partial charge in [0, 0.05) is 18.3 Å². The van der Waals surface area contributed by atoms with E-state index in [-0.39, 0.29) is 11.8 Å². The summed E-state index contributed by atoms with van der Waals surface area (Å²) in [5.74, 6) is 1.92. The van der Waals surface area contributed by atoms with Crippen molar-refractivity contribution in [3.05, 3.63) is 35.4 Å². The molecule has 1 fully saturated rings. The van der Waals surface area contributed by atoms with Crippen LogP contribution < -0.4 is 5.32 Å². The van der Waals surface area contributed by atoms with E-state index in [1.807, 2.05) is 0 Å². The fraction of sp³-hybridized carbons (Fsp3) is 0.500. The average molecular weight is 250 g/mol. The van der Waals surface area contributed by atoms with E-state index < -0.39 is 0 Å².